The van der Waals surface area contributed by atoms with E-state index in [1.807, 2.05) is 19.0 Å². The van der Waals surface area contributed by atoms with Gasteiger partial charge in [-0.2, -0.15) is 0 Å². The fourth-order valence-electron chi connectivity index (χ4n) is 2.84. The Labute approximate surface area is 201 Å². The van der Waals surface area contributed by atoms with Crippen molar-refractivity contribution in [2.45, 2.75) is 4.90 Å². The van der Waals surface area contributed by atoms with Gasteiger partial charge in [0.2, 0.25) is 0 Å². The van der Waals surface area contributed by atoms with E-state index in [1.165, 1.54) is 46.6 Å². The van der Waals surface area contributed by atoms with Gasteiger partial charge in [0.05, 0.1) is 20.0 Å². The summed E-state index contributed by atoms with van der Waals surface area (Å²) in [4.78, 5) is 31.6. The van der Waals surface area contributed by atoms with Crippen LogP contribution in [0.25, 0.3) is 16.3 Å². The first-order valence-corrected chi connectivity index (χ1v) is 12.2. The first-order valence-electron chi connectivity index (χ1n) is 9.54. The number of anilines is 1. The van der Waals surface area contributed by atoms with E-state index in [1.54, 1.807) is 24.3 Å². The normalized spacial score (nSPS) is 11.6. The summed E-state index contributed by atoms with van der Waals surface area (Å²) in [5, 5.41) is 11.4. The fraction of sp³-hybridized carbons (Fsp3) is 0.238. The summed E-state index contributed by atoms with van der Waals surface area (Å²) in [5.74, 6) is -0.333. The van der Waals surface area contributed by atoms with Crippen LogP contribution in [-0.2, 0) is 14.6 Å². The summed E-state index contributed by atoms with van der Waals surface area (Å²) in [6.07, 6.45) is 4.01. The minimum Gasteiger partial charge on any atom is -0.308 e. The molecule has 1 amide bonds. The molecule has 0 saturated heterocycles. The van der Waals surface area contributed by atoms with Gasteiger partial charge in [0.25, 0.3) is 11.6 Å². The lowest BCUT2D eigenvalue weighted by Gasteiger charge is -2.20. The van der Waals surface area contributed by atoms with Crippen LogP contribution in [-0.4, -0.2) is 62.6 Å². The molecule has 0 aliphatic carbocycles. The molecule has 0 aliphatic heterocycles. The monoisotopic (exact) mass is 510 g/mol. The number of thiazole rings is 1. The second-order valence-corrected chi connectivity index (χ2v) is 10.4. The highest BCUT2D eigenvalue weighted by atomic mass is 35.5. The minimum absolute atomic E-state index is 0. The van der Waals surface area contributed by atoms with Crippen LogP contribution < -0.4 is 4.90 Å². The molecule has 9 nitrogen and oxygen atoms in total. The number of rotatable bonds is 8. The third-order valence-corrected chi connectivity index (χ3v) is 6.70. The Hall–Kier alpha value is -2.86. The van der Waals surface area contributed by atoms with Crippen molar-refractivity contribution in [2.24, 2.45) is 0 Å². The third kappa shape index (κ3) is 6.81. The fourth-order valence-corrected chi connectivity index (χ4v) is 4.60. The average Bonchev–Trinajstić information content (AvgIpc) is 3.14. The van der Waals surface area contributed by atoms with E-state index >= 15 is 0 Å². The van der Waals surface area contributed by atoms with Crippen molar-refractivity contribution in [1.82, 2.24) is 9.88 Å². The summed E-state index contributed by atoms with van der Waals surface area (Å²) in [6.45, 7) is 0.949. The summed E-state index contributed by atoms with van der Waals surface area (Å²) >= 11 is 1.23. The smallest absolute Gasteiger partial charge is 0.270 e. The zero-order valence-corrected chi connectivity index (χ0v) is 20.6. The number of benzene rings is 2. The van der Waals surface area contributed by atoms with Crippen LogP contribution >= 0.6 is 23.7 Å². The topological polar surface area (TPSA) is 114 Å². The molecule has 1 aromatic heterocycles. The minimum atomic E-state index is -3.36. The van der Waals surface area contributed by atoms with Gasteiger partial charge in [0.1, 0.15) is 0 Å². The lowest BCUT2D eigenvalue weighted by atomic mass is 10.2. The van der Waals surface area contributed by atoms with Crippen molar-refractivity contribution >= 4 is 66.6 Å². The Kier molecular flexibility index (Phi) is 8.67. The molecule has 2 aromatic carbocycles. The Bertz CT molecular complexity index is 1300. The van der Waals surface area contributed by atoms with Crippen LogP contribution in [0.15, 0.2) is 53.4 Å². The molecule has 1 heterocycles. The molecule has 3 rings (SSSR count). The standard InChI is InChI=1S/C21H22N4O5S2.ClH/c1-23(2)11-12-24(20(26)10-7-15-5-4-6-16(13-15)25(27)28)21-22-18-9-8-17(32(3,29)30)14-19(18)31-21;/h4-10,13-14H,11-12H2,1-3H3;1H. The van der Waals surface area contributed by atoms with Gasteiger partial charge in [0, 0.05) is 37.6 Å². The van der Waals surface area contributed by atoms with E-state index in [2.05, 4.69) is 4.98 Å². The molecule has 0 unspecified atom stereocenters. The summed E-state index contributed by atoms with van der Waals surface area (Å²) in [7, 11) is 0.415. The molecular formula is C21H23ClN4O5S2. The van der Waals surface area contributed by atoms with E-state index in [0.29, 0.717) is 34.0 Å². The van der Waals surface area contributed by atoms with Crippen molar-refractivity contribution in [3.05, 3.63) is 64.2 Å². The number of fused-ring (bicyclic) bond motifs is 1. The largest absolute Gasteiger partial charge is 0.308 e. The third-order valence-electron chi connectivity index (χ3n) is 4.54. The summed E-state index contributed by atoms with van der Waals surface area (Å²) < 4.78 is 24.4. The van der Waals surface area contributed by atoms with Gasteiger partial charge in [-0.25, -0.2) is 13.4 Å². The van der Waals surface area contributed by atoms with Gasteiger partial charge < -0.3 is 4.90 Å². The van der Waals surface area contributed by atoms with E-state index in [0.717, 1.165) is 6.26 Å². The van der Waals surface area contributed by atoms with Crippen LogP contribution in [0.4, 0.5) is 10.8 Å². The molecular weight excluding hydrogens is 488 g/mol. The van der Waals surface area contributed by atoms with E-state index in [9.17, 15) is 23.3 Å². The number of halogens is 1. The molecule has 0 radical (unpaired) electrons. The zero-order valence-electron chi connectivity index (χ0n) is 18.2. The zero-order chi connectivity index (χ0) is 23.5. The van der Waals surface area contributed by atoms with Gasteiger partial charge in [-0.15, -0.1) is 12.4 Å². The van der Waals surface area contributed by atoms with Crippen molar-refractivity contribution in [3.63, 3.8) is 0 Å². The second kappa shape index (κ2) is 10.8. The molecule has 12 heteroatoms. The summed E-state index contributed by atoms with van der Waals surface area (Å²) in [6, 6.07) is 10.7. The number of nitro benzene ring substituents is 1. The van der Waals surface area contributed by atoms with Crippen LogP contribution in [0.5, 0.6) is 0 Å². The van der Waals surface area contributed by atoms with Crippen molar-refractivity contribution in [1.29, 1.82) is 0 Å². The summed E-state index contributed by atoms with van der Waals surface area (Å²) in [5.41, 5.74) is 1.07. The molecule has 0 fully saturated rings. The van der Waals surface area contributed by atoms with Crippen LogP contribution in [0, 0.1) is 10.1 Å². The Morgan fingerprint density at radius 3 is 2.55 bits per heavy atom. The van der Waals surface area contributed by atoms with E-state index in [-0.39, 0.29) is 28.9 Å². The van der Waals surface area contributed by atoms with Gasteiger partial charge in [-0.3, -0.25) is 19.8 Å². The van der Waals surface area contributed by atoms with Crippen LogP contribution in [0.3, 0.4) is 0 Å². The highest BCUT2D eigenvalue weighted by Gasteiger charge is 2.19. The Morgan fingerprint density at radius 2 is 1.91 bits per heavy atom. The number of sulfone groups is 1. The molecule has 0 saturated carbocycles. The lowest BCUT2D eigenvalue weighted by molar-refractivity contribution is -0.384. The second-order valence-electron chi connectivity index (χ2n) is 7.38. The van der Waals surface area contributed by atoms with Crippen molar-refractivity contribution in [2.75, 3.05) is 38.3 Å². The number of aromatic nitrogens is 1. The molecule has 0 N–H and O–H groups in total. The quantitative estimate of drug-likeness (QED) is 0.258. The van der Waals surface area contributed by atoms with Gasteiger partial charge in [0.15, 0.2) is 15.0 Å². The highest BCUT2D eigenvalue weighted by molar-refractivity contribution is 7.90. The van der Waals surface area contributed by atoms with Crippen LogP contribution in [0.2, 0.25) is 0 Å². The number of amides is 1. The average molecular weight is 511 g/mol. The van der Waals surface area contributed by atoms with Crippen molar-refractivity contribution in [3.8, 4) is 0 Å². The maximum Gasteiger partial charge on any atom is 0.270 e. The molecule has 3 aromatic rings. The van der Waals surface area contributed by atoms with E-state index < -0.39 is 14.8 Å². The van der Waals surface area contributed by atoms with Crippen LogP contribution in [0.1, 0.15) is 5.56 Å². The van der Waals surface area contributed by atoms with Crippen molar-refractivity contribution < 1.29 is 18.1 Å². The SMILES string of the molecule is CN(C)CCN(C(=O)C=Cc1cccc([N+](=O)[O-])c1)c1nc2ccc(S(C)(=O)=O)cc2s1.Cl. The molecule has 33 heavy (non-hydrogen) atoms. The number of carbonyl (C=O) groups excluding carboxylic acids is 1. The lowest BCUT2D eigenvalue weighted by Crippen LogP contribution is -2.35. The number of nitrogens with zero attached hydrogens (tertiary/aromatic N) is 4. The molecule has 0 aliphatic rings. The Morgan fingerprint density at radius 1 is 1.18 bits per heavy atom. The predicted molar refractivity (Wildman–Crippen MR) is 133 cm³/mol. The molecule has 0 spiro atoms. The van der Waals surface area contributed by atoms with E-state index in [4.69, 9.17) is 0 Å². The van der Waals surface area contributed by atoms with Gasteiger partial charge in [-0.1, -0.05) is 23.5 Å². The first-order chi connectivity index (χ1) is 15.0. The number of non-ortho nitro benzene ring substituents is 1. The number of likely N-dealkylation sites (N-methyl/N-ethyl adjacent to an activating group) is 1. The maximum atomic E-state index is 13.0. The molecule has 0 bridgehead atoms. The predicted octanol–water partition coefficient (Wildman–Crippen LogP) is 3.64. The van der Waals surface area contributed by atoms with Gasteiger partial charge in [-0.05, 0) is 43.9 Å². The Balaban J connectivity index is 0.00000385. The maximum absolute atomic E-state index is 13.0. The van der Waals surface area contributed by atoms with Gasteiger partial charge >= 0.3 is 0 Å². The molecule has 176 valence electrons. The highest BCUT2D eigenvalue weighted by Crippen LogP contribution is 2.31. The number of hydrogen-bond donors (Lipinski definition) is 0. The molecule has 0 atom stereocenters. The number of nitro groups is 1. The first kappa shape index (κ1) is 26.4. The number of hydrogen-bond acceptors (Lipinski definition) is 8. The number of carbonyl (C=O) groups is 1.